The van der Waals surface area contributed by atoms with Gasteiger partial charge in [0.1, 0.15) is 6.33 Å². The van der Waals surface area contributed by atoms with E-state index in [1.807, 2.05) is 29.8 Å². The topological polar surface area (TPSA) is 61.6 Å². The van der Waals surface area contributed by atoms with Gasteiger partial charge in [-0.2, -0.15) is 0 Å². The lowest BCUT2D eigenvalue weighted by Crippen LogP contribution is -2.53. The number of nitrogens with zero attached hydrogens (tertiary/aromatic N) is 6. The zero-order valence-corrected chi connectivity index (χ0v) is 21.1. The summed E-state index contributed by atoms with van der Waals surface area (Å²) in [5, 5.41) is 11.9. The van der Waals surface area contributed by atoms with Crippen LogP contribution in [0.5, 0.6) is 0 Å². The predicted molar refractivity (Wildman–Crippen MR) is 140 cm³/mol. The minimum atomic E-state index is 0. The molecule has 170 valence electrons. The van der Waals surface area contributed by atoms with E-state index in [9.17, 15) is 0 Å². The van der Waals surface area contributed by atoms with Gasteiger partial charge in [0.15, 0.2) is 11.8 Å². The smallest absolute Gasteiger partial charge is 0.194 e. The number of guanidine groups is 1. The van der Waals surface area contributed by atoms with Crippen molar-refractivity contribution < 1.29 is 0 Å². The van der Waals surface area contributed by atoms with E-state index in [0.717, 1.165) is 50.1 Å². The van der Waals surface area contributed by atoms with Crippen LogP contribution in [0.4, 0.5) is 0 Å². The summed E-state index contributed by atoms with van der Waals surface area (Å²) in [6.45, 7) is 6.79. The third kappa shape index (κ3) is 5.66. The highest BCUT2D eigenvalue weighted by atomic mass is 127. The van der Waals surface area contributed by atoms with Gasteiger partial charge in [-0.05, 0) is 24.1 Å². The number of rotatable bonds is 6. The van der Waals surface area contributed by atoms with E-state index < -0.39 is 0 Å². The van der Waals surface area contributed by atoms with Crippen molar-refractivity contribution in [2.75, 3.05) is 33.2 Å². The van der Waals surface area contributed by atoms with Gasteiger partial charge in [-0.3, -0.25) is 14.5 Å². The Balaban J connectivity index is 0.00000289. The van der Waals surface area contributed by atoms with Gasteiger partial charge in [0.25, 0.3) is 0 Å². The molecule has 0 amide bonds. The first-order chi connectivity index (χ1) is 15.3. The average Bonchev–Trinajstić information content (AvgIpc) is 3.31. The molecule has 8 heteroatoms. The van der Waals surface area contributed by atoms with Crippen LogP contribution < -0.4 is 5.32 Å². The molecule has 0 aliphatic carbocycles. The minimum absolute atomic E-state index is 0. The van der Waals surface area contributed by atoms with Gasteiger partial charge >= 0.3 is 0 Å². The van der Waals surface area contributed by atoms with Crippen LogP contribution in [0, 0.1) is 0 Å². The second kappa shape index (κ2) is 12.0. The van der Waals surface area contributed by atoms with Crippen LogP contribution in [0.3, 0.4) is 0 Å². The van der Waals surface area contributed by atoms with Crippen molar-refractivity contribution in [3.63, 3.8) is 0 Å². The molecule has 1 atom stereocenters. The molecule has 7 nitrogen and oxygen atoms in total. The van der Waals surface area contributed by atoms with Crippen molar-refractivity contribution in [1.82, 2.24) is 29.9 Å². The fourth-order valence-corrected chi connectivity index (χ4v) is 4.30. The zero-order valence-electron chi connectivity index (χ0n) is 18.8. The molecular weight excluding hydrogens is 513 g/mol. The largest absolute Gasteiger partial charge is 0.349 e. The lowest BCUT2D eigenvalue weighted by molar-refractivity contribution is 0.127. The van der Waals surface area contributed by atoms with Crippen LogP contribution in [0.2, 0.25) is 0 Å². The summed E-state index contributed by atoms with van der Waals surface area (Å²) in [6, 6.07) is 21.5. The number of para-hydroxylation sites is 1. The Morgan fingerprint density at radius 2 is 1.66 bits per heavy atom. The zero-order chi connectivity index (χ0) is 21.5. The molecule has 1 saturated heterocycles. The standard InChI is InChI=1S/C24H31N7.HI/c1-3-22(20-10-6-4-7-11-20)29-14-16-30(17-15-29)24(25-2)26-18-23-28-27-19-31(23)21-12-8-5-9-13-21;/h4-13,19,22H,3,14-18H2,1-2H3,(H,25,26);1H. The van der Waals surface area contributed by atoms with Crippen LogP contribution in [-0.4, -0.2) is 63.8 Å². The number of piperazine rings is 1. The van der Waals surface area contributed by atoms with E-state index in [2.05, 4.69) is 79.7 Å². The van der Waals surface area contributed by atoms with Crippen molar-refractivity contribution in [2.24, 2.45) is 4.99 Å². The Hall–Kier alpha value is -2.46. The summed E-state index contributed by atoms with van der Waals surface area (Å²) in [5.41, 5.74) is 2.46. The van der Waals surface area contributed by atoms with Crippen molar-refractivity contribution in [3.8, 4) is 5.69 Å². The van der Waals surface area contributed by atoms with Gasteiger partial charge < -0.3 is 10.2 Å². The van der Waals surface area contributed by atoms with Crippen molar-refractivity contribution >= 4 is 29.9 Å². The van der Waals surface area contributed by atoms with Gasteiger partial charge in [-0.1, -0.05) is 55.5 Å². The monoisotopic (exact) mass is 545 g/mol. The number of hydrogen-bond acceptors (Lipinski definition) is 4. The van der Waals surface area contributed by atoms with Crippen LogP contribution in [0.15, 0.2) is 72.0 Å². The quantitative estimate of drug-likeness (QED) is 0.291. The molecule has 3 aromatic rings. The highest BCUT2D eigenvalue weighted by Crippen LogP contribution is 2.25. The molecule has 1 unspecified atom stereocenters. The maximum atomic E-state index is 4.52. The average molecular weight is 545 g/mol. The summed E-state index contributed by atoms with van der Waals surface area (Å²) in [4.78, 5) is 9.44. The van der Waals surface area contributed by atoms with Crippen molar-refractivity contribution in [2.45, 2.75) is 25.9 Å². The van der Waals surface area contributed by atoms with E-state index in [0.29, 0.717) is 12.6 Å². The van der Waals surface area contributed by atoms with Gasteiger partial charge in [0, 0.05) is 45.0 Å². The molecule has 1 aliphatic heterocycles. The maximum Gasteiger partial charge on any atom is 0.194 e. The number of hydrogen-bond donors (Lipinski definition) is 1. The first-order valence-electron chi connectivity index (χ1n) is 11.0. The number of halogens is 1. The fraction of sp³-hybridized carbons (Fsp3) is 0.375. The molecule has 0 saturated carbocycles. The lowest BCUT2D eigenvalue weighted by Gasteiger charge is -2.40. The molecule has 1 aromatic heterocycles. The Labute approximate surface area is 207 Å². The van der Waals surface area contributed by atoms with Gasteiger partial charge in [-0.25, -0.2) is 0 Å². The molecule has 0 bridgehead atoms. The molecule has 2 aromatic carbocycles. The molecule has 32 heavy (non-hydrogen) atoms. The van der Waals surface area contributed by atoms with E-state index in [1.54, 1.807) is 6.33 Å². The van der Waals surface area contributed by atoms with Crippen LogP contribution >= 0.6 is 24.0 Å². The Morgan fingerprint density at radius 3 is 2.28 bits per heavy atom. The first kappa shape index (κ1) is 24.2. The summed E-state index contributed by atoms with van der Waals surface area (Å²) >= 11 is 0. The highest BCUT2D eigenvalue weighted by Gasteiger charge is 2.25. The number of benzene rings is 2. The minimum Gasteiger partial charge on any atom is -0.349 e. The predicted octanol–water partition coefficient (Wildman–Crippen LogP) is 3.73. The van der Waals surface area contributed by atoms with Crippen LogP contribution in [0.25, 0.3) is 5.69 Å². The van der Waals surface area contributed by atoms with Gasteiger partial charge in [0.05, 0.1) is 6.54 Å². The van der Waals surface area contributed by atoms with E-state index in [1.165, 1.54) is 5.56 Å². The Morgan fingerprint density at radius 1 is 1.00 bits per heavy atom. The number of aromatic nitrogens is 3. The summed E-state index contributed by atoms with van der Waals surface area (Å²) in [6.07, 6.45) is 2.87. The lowest BCUT2D eigenvalue weighted by atomic mass is 10.0. The van der Waals surface area contributed by atoms with E-state index >= 15 is 0 Å². The Bertz CT molecular complexity index is 966. The van der Waals surface area contributed by atoms with E-state index in [-0.39, 0.29) is 24.0 Å². The molecular formula is C24H32IN7. The van der Waals surface area contributed by atoms with Gasteiger partial charge in [-0.15, -0.1) is 34.2 Å². The van der Waals surface area contributed by atoms with Crippen molar-refractivity contribution in [1.29, 1.82) is 0 Å². The van der Waals surface area contributed by atoms with E-state index in [4.69, 9.17) is 0 Å². The summed E-state index contributed by atoms with van der Waals surface area (Å²) in [5.74, 6) is 1.77. The SMILES string of the molecule is CCC(c1ccccc1)N1CCN(C(=NC)NCc2nncn2-c2ccccc2)CC1.I. The highest BCUT2D eigenvalue weighted by molar-refractivity contribution is 14.0. The molecule has 1 aliphatic rings. The molecule has 2 heterocycles. The summed E-state index contributed by atoms with van der Waals surface area (Å²) < 4.78 is 2.00. The second-order valence-corrected chi connectivity index (χ2v) is 7.71. The molecule has 0 radical (unpaired) electrons. The molecule has 4 rings (SSSR count). The third-order valence-corrected chi connectivity index (χ3v) is 5.89. The van der Waals surface area contributed by atoms with Crippen molar-refractivity contribution in [3.05, 3.63) is 78.4 Å². The molecule has 1 fully saturated rings. The second-order valence-electron chi connectivity index (χ2n) is 7.71. The number of aliphatic imine (C=N–C) groups is 1. The number of nitrogens with one attached hydrogen (secondary N) is 1. The van der Waals surface area contributed by atoms with Crippen LogP contribution in [-0.2, 0) is 6.54 Å². The fourth-order valence-electron chi connectivity index (χ4n) is 4.30. The first-order valence-corrected chi connectivity index (χ1v) is 11.0. The summed E-state index contributed by atoms with van der Waals surface area (Å²) in [7, 11) is 1.84. The normalized spacial score (nSPS) is 15.8. The van der Waals surface area contributed by atoms with Crippen LogP contribution in [0.1, 0.15) is 30.8 Å². The molecule has 1 N–H and O–H groups in total. The molecule has 0 spiro atoms. The van der Waals surface area contributed by atoms with Gasteiger partial charge in [0.2, 0.25) is 0 Å². The Kier molecular flexibility index (Phi) is 9.04. The maximum absolute atomic E-state index is 4.52. The third-order valence-electron chi connectivity index (χ3n) is 5.89.